The van der Waals surface area contributed by atoms with Crippen LogP contribution >= 0.6 is 11.6 Å². The van der Waals surface area contributed by atoms with Crippen LogP contribution < -0.4 is 14.4 Å². The highest BCUT2D eigenvalue weighted by Crippen LogP contribution is 2.25. The van der Waals surface area contributed by atoms with Crippen molar-refractivity contribution in [1.29, 1.82) is 0 Å². The molecule has 0 radical (unpaired) electrons. The number of carbonyl (C=O) groups excluding carboxylic acids is 2. The summed E-state index contributed by atoms with van der Waals surface area (Å²) in [6, 6.07) is 12.4. The first-order chi connectivity index (χ1) is 14.0. The lowest BCUT2D eigenvalue weighted by atomic mass is 10.2. The minimum absolute atomic E-state index is 0.225. The molecule has 1 heterocycles. The standard InChI is InChI=1S/C21H23ClN2O5/c1-27-17-6-7-18(19(13-17)28-2)21(26)29-14-20(25)24-10-8-23(9-11-24)16-5-3-4-15(22)12-16/h3-7,12-13H,8-11,14H2,1-2H3. The zero-order chi connectivity index (χ0) is 20.8. The summed E-state index contributed by atoms with van der Waals surface area (Å²) in [6.07, 6.45) is 0. The van der Waals surface area contributed by atoms with E-state index in [-0.39, 0.29) is 18.1 Å². The molecule has 1 saturated heterocycles. The zero-order valence-electron chi connectivity index (χ0n) is 16.4. The van der Waals surface area contributed by atoms with Gasteiger partial charge in [0.1, 0.15) is 17.1 Å². The van der Waals surface area contributed by atoms with E-state index in [4.69, 9.17) is 25.8 Å². The summed E-state index contributed by atoms with van der Waals surface area (Å²) in [6.45, 7) is 2.16. The third kappa shape index (κ3) is 5.12. The van der Waals surface area contributed by atoms with E-state index in [0.29, 0.717) is 42.7 Å². The first-order valence-electron chi connectivity index (χ1n) is 9.19. The number of amides is 1. The maximum atomic E-state index is 12.4. The van der Waals surface area contributed by atoms with Crippen molar-refractivity contribution in [3.63, 3.8) is 0 Å². The van der Waals surface area contributed by atoms with Gasteiger partial charge >= 0.3 is 5.97 Å². The van der Waals surface area contributed by atoms with E-state index in [2.05, 4.69) is 4.90 Å². The van der Waals surface area contributed by atoms with Crippen LogP contribution in [0.1, 0.15) is 10.4 Å². The molecule has 154 valence electrons. The Bertz CT molecular complexity index is 881. The van der Waals surface area contributed by atoms with Crippen LogP contribution in [-0.2, 0) is 9.53 Å². The molecule has 0 atom stereocenters. The van der Waals surface area contributed by atoms with Gasteiger partial charge in [-0.25, -0.2) is 4.79 Å². The normalized spacial score (nSPS) is 13.8. The number of piperazine rings is 1. The van der Waals surface area contributed by atoms with Crippen LogP contribution in [0.15, 0.2) is 42.5 Å². The Morgan fingerprint density at radius 2 is 1.76 bits per heavy atom. The molecule has 1 amide bonds. The number of anilines is 1. The summed E-state index contributed by atoms with van der Waals surface area (Å²) in [7, 11) is 2.98. The molecule has 0 unspecified atom stereocenters. The van der Waals surface area contributed by atoms with E-state index in [0.717, 1.165) is 5.69 Å². The minimum Gasteiger partial charge on any atom is -0.497 e. The molecular formula is C21H23ClN2O5. The first kappa shape index (κ1) is 20.8. The quantitative estimate of drug-likeness (QED) is 0.672. The largest absolute Gasteiger partial charge is 0.497 e. The third-order valence-electron chi connectivity index (χ3n) is 4.76. The zero-order valence-corrected chi connectivity index (χ0v) is 17.1. The Morgan fingerprint density at radius 1 is 1.00 bits per heavy atom. The molecule has 3 rings (SSSR count). The summed E-state index contributed by atoms with van der Waals surface area (Å²) < 4.78 is 15.5. The van der Waals surface area contributed by atoms with Crippen molar-refractivity contribution in [3.05, 3.63) is 53.1 Å². The summed E-state index contributed by atoms with van der Waals surface area (Å²) in [5, 5.41) is 0.682. The fraction of sp³-hybridized carbons (Fsp3) is 0.333. The van der Waals surface area contributed by atoms with Crippen molar-refractivity contribution in [2.45, 2.75) is 0 Å². The number of ether oxygens (including phenoxy) is 3. The van der Waals surface area contributed by atoms with Crippen molar-refractivity contribution in [2.75, 3.05) is 51.9 Å². The minimum atomic E-state index is -0.615. The lowest BCUT2D eigenvalue weighted by Gasteiger charge is -2.36. The SMILES string of the molecule is COc1ccc(C(=O)OCC(=O)N2CCN(c3cccc(Cl)c3)CC2)c(OC)c1. The van der Waals surface area contributed by atoms with E-state index in [1.54, 1.807) is 23.1 Å². The van der Waals surface area contributed by atoms with Gasteiger partial charge in [-0.05, 0) is 30.3 Å². The topological polar surface area (TPSA) is 68.3 Å². The molecule has 0 aliphatic carbocycles. The molecule has 0 N–H and O–H groups in total. The van der Waals surface area contributed by atoms with Gasteiger partial charge < -0.3 is 24.0 Å². The molecule has 7 nitrogen and oxygen atoms in total. The monoisotopic (exact) mass is 418 g/mol. The number of rotatable bonds is 6. The molecule has 1 aliphatic rings. The molecule has 2 aromatic carbocycles. The average Bonchev–Trinajstić information content (AvgIpc) is 2.76. The van der Waals surface area contributed by atoms with Gasteiger partial charge in [0.15, 0.2) is 6.61 Å². The fourth-order valence-corrected chi connectivity index (χ4v) is 3.33. The smallest absolute Gasteiger partial charge is 0.342 e. The van der Waals surface area contributed by atoms with Crippen LogP contribution in [0.3, 0.4) is 0 Å². The summed E-state index contributed by atoms with van der Waals surface area (Å²) >= 11 is 6.05. The van der Waals surface area contributed by atoms with Crippen LogP contribution in [0.5, 0.6) is 11.5 Å². The van der Waals surface area contributed by atoms with Crippen molar-refractivity contribution in [3.8, 4) is 11.5 Å². The van der Waals surface area contributed by atoms with Gasteiger partial charge in [0.2, 0.25) is 0 Å². The van der Waals surface area contributed by atoms with Gasteiger partial charge in [-0.15, -0.1) is 0 Å². The highest BCUT2D eigenvalue weighted by atomic mass is 35.5. The number of carbonyl (C=O) groups is 2. The highest BCUT2D eigenvalue weighted by Gasteiger charge is 2.23. The number of hydrogen-bond donors (Lipinski definition) is 0. The number of esters is 1. The van der Waals surface area contributed by atoms with Crippen LogP contribution in [0.4, 0.5) is 5.69 Å². The molecule has 0 aromatic heterocycles. The van der Waals surface area contributed by atoms with Crippen LogP contribution in [-0.4, -0.2) is 63.8 Å². The van der Waals surface area contributed by atoms with Crippen LogP contribution in [0.2, 0.25) is 5.02 Å². The van der Waals surface area contributed by atoms with Gasteiger partial charge in [0.25, 0.3) is 5.91 Å². The molecule has 0 spiro atoms. The van der Waals surface area contributed by atoms with Crippen LogP contribution in [0.25, 0.3) is 0 Å². The van der Waals surface area contributed by atoms with Gasteiger partial charge in [-0.2, -0.15) is 0 Å². The van der Waals surface area contributed by atoms with E-state index >= 15 is 0 Å². The third-order valence-corrected chi connectivity index (χ3v) is 5.00. The van der Waals surface area contributed by atoms with Gasteiger partial charge in [-0.3, -0.25) is 4.79 Å². The maximum absolute atomic E-state index is 12.4. The predicted molar refractivity (Wildman–Crippen MR) is 110 cm³/mol. The number of benzene rings is 2. The summed E-state index contributed by atoms with van der Waals surface area (Å²) in [4.78, 5) is 28.7. The van der Waals surface area contributed by atoms with Crippen LogP contribution in [0, 0.1) is 0 Å². The lowest BCUT2D eigenvalue weighted by molar-refractivity contribution is -0.134. The molecule has 1 fully saturated rings. The summed E-state index contributed by atoms with van der Waals surface area (Å²) in [5.74, 6) is 0.0518. The average molecular weight is 419 g/mol. The Hall–Kier alpha value is -2.93. The number of halogens is 1. The van der Waals surface area contributed by atoms with Gasteiger partial charge in [-0.1, -0.05) is 17.7 Å². The Morgan fingerprint density at radius 3 is 2.41 bits per heavy atom. The van der Waals surface area contributed by atoms with Crippen molar-refractivity contribution in [2.24, 2.45) is 0 Å². The summed E-state index contributed by atoms with van der Waals surface area (Å²) in [5.41, 5.74) is 1.27. The number of nitrogens with zero attached hydrogens (tertiary/aromatic N) is 2. The molecule has 29 heavy (non-hydrogen) atoms. The molecule has 0 bridgehead atoms. The fourth-order valence-electron chi connectivity index (χ4n) is 3.15. The molecule has 1 aliphatic heterocycles. The van der Waals surface area contributed by atoms with Crippen molar-refractivity contribution < 1.29 is 23.8 Å². The number of methoxy groups -OCH3 is 2. The predicted octanol–water partition coefficient (Wildman–Crippen LogP) is 2.86. The number of hydrogen-bond acceptors (Lipinski definition) is 6. The van der Waals surface area contributed by atoms with Crippen molar-refractivity contribution in [1.82, 2.24) is 4.90 Å². The molecule has 0 saturated carbocycles. The molecular weight excluding hydrogens is 396 g/mol. The first-order valence-corrected chi connectivity index (χ1v) is 9.57. The van der Waals surface area contributed by atoms with Gasteiger partial charge in [0.05, 0.1) is 14.2 Å². The second-order valence-corrected chi connectivity index (χ2v) is 6.93. The molecule has 2 aromatic rings. The Balaban J connectivity index is 1.52. The second kappa shape index (κ2) is 9.52. The highest BCUT2D eigenvalue weighted by molar-refractivity contribution is 6.30. The van der Waals surface area contributed by atoms with Gasteiger partial charge in [0, 0.05) is 43.0 Å². The molecule has 8 heteroatoms. The Kier molecular flexibility index (Phi) is 6.82. The van der Waals surface area contributed by atoms with Crippen molar-refractivity contribution >= 4 is 29.2 Å². The van der Waals surface area contributed by atoms with E-state index in [9.17, 15) is 9.59 Å². The maximum Gasteiger partial charge on any atom is 0.342 e. The second-order valence-electron chi connectivity index (χ2n) is 6.49. The Labute approximate surface area is 174 Å². The van der Waals surface area contributed by atoms with E-state index in [1.165, 1.54) is 14.2 Å². The van der Waals surface area contributed by atoms with E-state index < -0.39 is 5.97 Å². The van der Waals surface area contributed by atoms with E-state index in [1.807, 2.05) is 24.3 Å². The lowest BCUT2D eigenvalue weighted by Crippen LogP contribution is -2.49.